The molecule has 19 heavy (non-hydrogen) atoms. The minimum absolute atomic E-state index is 0.372. The maximum atomic E-state index is 6.05. The third kappa shape index (κ3) is 3.53. The summed E-state index contributed by atoms with van der Waals surface area (Å²) >= 11 is 2.05. The number of rotatable bonds is 4. The van der Waals surface area contributed by atoms with E-state index in [9.17, 15) is 0 Å². The normalized spacial score (nSPS) is 22.7. The number of hydrogen-bond acceptors (Lipinski definition) is 3. The Balaban J connectivity index is 2.16. The summed E-state index contributed by atoms with van der Waals surface area (Å²) in [6, 6.07) is 10.0. The number of thioether (sulfide) groups is 1. The van der Waals surface area contributed by atoms with Crippen molar-refractivity contribution in [2.45, 2.75) is 38.8 Å². The highest BCUT2D eigenvalue weighted by Crippen LogP contribution is 2.28. The second-order valence-electron chi connectivity index (χ2n) is 5.73. The van der Waals surface area contributed by atoms with Crippen LogP contribution in [0, 0.1) is 0 Å². The Morgan fingerprint density at radius 2 is 1.89 bits per heavy atom. The molecule has 1 aromatic rings. The molecule has 1 aliphatic rings. The Morgan fingerprint density at radius 1 is 1.26 bits per heavy atom. The van der Waals surface area contributed by atoms with Gasteiger partial charge in [0.05, 0.1) is 0 Å². The van der Waals surface area contributed by atoms with E-state index in [0.717, 1.165) is 6.54 Å². The fraction of sp³-hybridized carbons (Fsp3) is 0.625. The van der Waals surface area contributed by atoms with Crippen molar-refractivity contribution >= 4 is 11.8 Å². The van der Waals surface area contributed by atoms with Crippen LogP contribution in [0.2, 0.25) is 0 Å². The minimum Gasteiger partial charge on any atom is -0.329 e. The first-order valence-electron chi connectivity index (χ1n) is 7.27. The quantitative estimate of drug-likeness (QED) is 0.917. The molecule has 0 aliphatic carbocycles. The van der Waals surface area contributed by atoms with Crippen molar-refractivity contribution in [2.24, 2.45) is 5.73 Å². The van der Waals surface area contributed by atoms with Crippen molar-refractivity contribution in [3.63, 3.8) is 0 Å². The molecule has 2 unspecified atom stereocenters. The van der Waals surface area contributed by atoms with Crippen molar-refractivity contribution in [3.05, 3.63) is 35.4 Å². The second kappa shape index (κ2) is 6.78. The SMILES string of the molecule is CC(C)c1ccc(C(CN)N2CCSCC2C)cc1. The largest absolute Gasteiger partial charge is 0.329 e. The van der Waals surface area contributed by atoms with Crippen LogP contribution in [0.25, 0.3) is 0 Å². The van der Waals surface area contributed by atoms with Gasteiger partial charge in [-0.2, -0.15) is 11.8 Å². The first-order chi connectivity index (χ1) is 9.13. The zero-order valence-electron chi connectivity index (χ0n) is 12.3. The molecule has 2 nitrogen and oxygen atoms in total. The molecule has 1 saturated heterocycles. The van der Waals surface area contributed by atoms with Crippen LogP contribution < -0.4 is 5.73 Å². The zero-order chi connectivity index (χ0) is 13.8. The lowest BCUT2D eigenvalue weighted by Gasteiger charge is -2.39. The van der Waals surface area contributed by atoms with Crippen LogP contribution in [-0.2, 0) is 0 Å². The third-order valence-corrected chi connectivity index (χ3v) is 5.22. The van der Waals surface area contributed by atoms with Gasteiger partial charge in [0.2, 0.25) is 0 Å². The molecule has 106 valence electrons. The van der Waals surface area contributed by atoms with Crippen LogP contribution >= 0.6 is 11.8 Å². The molecule has 0 radical (unpaired) electrons. The van der Waals surface area contributed by atoms with E-state index in [0.29, 0.717) is 24.5 Å². The van der Waals surface area contributed by atoms with E-state index in [1.54, 1.807) is 0 Å². The number of nitrogens with zero attached hydrogens (tertiary/aromatic N) is 1. The lowest BCUT2D eigenvalue weighted by molar-refractivity contribution is 0.166. The molecule has 0 amide bonds. The number of hydrogen-bond donors (Lipinski definition) is 1. The van der Waals surface area contributed by atoms with E-state index in [1.807, 2.05) is 0 Å². The van der Waals surface area contributed by atoms with Crippen molar-refractivity contribution in [1.82, 2.24) is 4.90 Å². The van der Waals surface area contributed by atoms with E-state index >= 15 is 0 Å². The molecule has 3 heteroatoms. The monoisotopic (exact) mass is 278 g/mol. The Hall–Kier alpha value is -0.510. The lowest BCUT2D eigenvalue weighted by atomic mass is 9.98. The number of nitrogens with two attached hydrogens (primary N) is 1. The second-order valence-corrected chi connectivity index (χ2v) is 6.88. The Bertz CT molecular complexity index is 388. The van der Waals surface area contributed by atoms with E-state index in [-0.39, 0.29) is 0 Å². The van der Waals surface area contributed by atoms with Gasteiger partial charge in [0.15, 0.2) is 0 Å². The zero-order valence-corrected chi connectivity index (χ0v) is 13.1. The molecule has 1 heterocycles. The van der Waals surface area contributed by atoms with Gasteiger partial charge in [-0.3, -0.25) is 4.90 Å². The predicted octanol–water partition coefficient (Wildman–Crippen LogP) is 3.25. The van der Waals surface area contributed by atoms with Gasteiger partial charge < -0.3 is 5.73 Å². The molecule has 2 rings (SSSR count). The van der Waals surface area contributed by atoms with E-state index < -0.39 is 0 Å². The molecular weight excluding hydrogens is 252 g/mol. The molecule has 2 N–H and O–H groups in total. The fourth-order valence-corrected chi connectivity index (χ4v) is 3.81. The van der Waals surface area contributed by atoms with Gasteiger partial charge in [0.25, 0.3) is 0 Å². The van der Waals surface area contributed by atoms with Gasteiger partial charge in [0, 0.05) is 36.7 Å². The average molecular weight is 278 g/mol. The Kier molecular flexibility index (Phi) is 5.31. The van der Waals surface area contributed by atoms with Crippen LogP contribution in [0.3, 0.4) is 0 Å². The standard InChI is InChI=1S/C16H26N2S/c1-12(2)14-4-6-15(7-5-14)16(10-17)18-8-9-19-11-13(18)3/h4-7,12-13,16H,8-11,17H2,1-3H3. The predicted molar refractivity (Wildman–Crippen MR) is 85.8 cm³/mol. The number of benzene rings is 1. The highest BCUT2D eigenvalue weighted by molar-refractivity contribution is 7.99. The van der Waals surface area contributed by atoms with Gasteiger partial charge in [-0.25, -0.2) is 0 Å². The maximum absolute atomic E-state index is 6.05. The molecule has 1 fully saturated rings. The van der Waals surface area contributed by atoms with Crippen molar-refractivity contribution in [1.29, 1.82) is 0 Å². The fourth-order valence-electron chi connectivity index (χ4n) is 2.77. The summed E-state index contributed by atoms with van der Waals surface area (Å²) in [7, 11) is 0. The van der Waals surface area contributed by atoms with Gasteiger partial charge >= 0.3 is 0 Å². The maximum Gasteiger partial charge on any atom is 0.0473 e. The Morgan fingerprint density at radius 3 is 2.42 bits per heavy atom. The van der Waals surface area contributed by atoms with Crippen LogP contribution in [0.1, 0.15) is 43.9 Å². The van der Waals surface area contributed by atoms with E-state index in [1.165, 1.54) is 22.6 Å². The molecule has 2 atom stereocenters. The topological polar surface area (TPSA) is 29.3 Å². The summed E-state index contributed by atoms with van der Waals surface area (Å²) in [6.45, 7) is 8.64. The molecule has 0 aromatic heterocycles. The summed E-state index contributed by atoms with van der Waals surface area (Å²) in [4.78, 5) is 2.57. The average Bonchev–Trinajstić information content (AvgIpc) is 2.42. The molecule has 0 bridgehead atoms. The van der Waals surface area contributed by atoms with Crippen LogP contribution in [0.4, 0.5) is 0 Å². The van der Waals surface area contributed by atoms with Crippen molar-refractivity contribution < 1.29 is 0 Å². The summed E-state index contributed by atoms with van der Waals surface area (Å²) in [5.74, 6) is 3.04. The highest BCUT2D eigenvalue weighted by atomic mass is 32.2. The van der Waals surface area contributed by atoms with Gasteiger partial charge in [0.1, 0.15) is 0 Å². The summed E-state index contributed by atoms with van der Waals surface area (Å²) in [6.07, 6.45) is 0. The molecule has 0 saturated carbocycles. The first kappa shape index (κ1) is 14.9. The summed E-state index contributed by atoms with van der Waals surface area (Å²) in [5, 5.41) is 0. The van der Waals surface area contributed by atoms with Crippen molar-refractivity contribution in [3.8, 4) is 0 Å². The van der Waals surface area contributed by atoms with Gasteiger partial charge in [-0.1, -0.05) is 38.1 Å². The van der Waals surface area contributed by atoms with Gasteiger partial charge in [-0.05, 0) is 24.0 Å². The molecular formula is C16H26N2S. The van der Waals surface area contributed by atoms with Gasteiger partial charge in [-0.15, -0.1) is 0 Å². The van der Waals surface area contributed by atoms with E-state index in [2.05, 4.69) is 61.7 Å². The molecule has 1 aromatic carbocycles. The lowest BCUT2D eigenvalue weighted by Crippen LogP contribution is -2.45. The Labute approximate surface area is 121 Å². The third-order valence-electron chi connectivity index (χ3n) is 4.03. The highest BCUT2D eigenvalue weighted by Gasteiger charge is 2.26. The van der Waals surface area contributed by atoms with Crippen LogP contribution in [0.15, 0.2) is 24.3 Å². The molecule has 1 aliphatic heterocycles. The van der Waals surface area contributed by atoms with Crippen LogP contribution in [-0.4, -0.2) is 35.5 Å². The molecule has 0 spiro atoms. The smallest absolute Gasteiger partial charge is 0.0473 e. The van der Waals surface area contributed by atoms with E-state index in [4.69, 9.17) is 5.73 Å². The first-order valence-corrected chi connectivity index (χ1v) is 8.42. The van der Waals surface area contributed by atoms with Crippen LogP contribution in [0.5, 0.6) is 0 Å². The summed E-state index contributed by atoms with van der Waals surface area (Å²) < 4.78 is 0. The summed E-state index contributed by atoms with van der Waals surface area (Å²) in [5.41, 5.74) is 8.82. The van der Waals surface area contributed by atoms with Crippen molar-refractivity contribution in [2.75, 3.05) is 24.6 Å². The minimum atomic E-state index is 0.372.